The molecule has 0 aliphatic heterocycles. The van der Waals surface area contributed by atoms with Crippen molar-refractivity contribution in [2.45, 2.75) is 19.4 Å². The van der Waals surface area contributed by atoms with E-state index in [2.05, 4.69) is 10.3 Å². The summed E-state index contributed by atoms with van der Waals surface area (Å²) in [5, 5.41) is 13.3. The van der Waals surface area contributed by atoms with Gasteiger partial charge in [-0.1, -0.05) is 23.7 Å². The predicted molar refractivity (Wildman–Crippen MR) is 96.6 cm³/mol. The Labute approximate surface area is 151 Å². The van der Waals surface area contributed by atoms with Crippen LogP contribution in [0, 0.1) is 0 Å². The highest BCUT2D eigenvalue weighted by Gasteiger charge is 2.32. The number of benzene rings is 1. The van der Waals surface area contributed by atoms with Crippen LogP contribution in [0.1, 0.15) is 24.3 Å². The van der Waals surface area contributed by atoms with Gasteiger partial charge in [-0.05, 0) is 37.6 Å². The van der Waals surface area contributed by atoms with Crippen molar-refractivity contribution in [3.05, 3.63) is 47.2 Å². The van der Waals surface area contributed by atoms with E-state index in [1.165, 1.54) is 17.2 Å². The molecule has 0 saturated carbocycles. The number of aromatic nitrogens is 1. The van der Waals surface area contributed by atoms with E-state index >= 15 is 0 Å². The Morgan fingerprint density at radius 2 is 1.88 bits per heavy atom. The van der Waals surface area contributed by atoms with Crippen molar-refractivity contribution in [3.63, 3.8) is 0 Å². The van der Waals surface area contributed by atoms with Crippen LogP contribution in [0.15, 0.2) is 36.5 Å². The third-order valence-electron chi connectivity index (χ3n) is 3.61. The SMILES string of the molecule is CN(C)C(=O)C(C)(C)NC(=O)c1ncc(-c2cccc(Cl)c2)cc1O. The molecule has 2 amide bonds. The molecule has 7 heteroatoms. The number of halogens is 1. The van der Waals surface area contributed by atoms with Crippen molar-refractivity contribution < 1.29 is 14.7 Å². The number of hydrogen-bond acceptors (Lipinski definition) is 4. The lowest BCUT2D eigenvalue weighted by Crippen LogP contribution is -2.54. The number of pyridine rings is 1. The van der Waals surface area contributed by atoms with Gasteiger partial charge in [0.2, 0.25) is 5.91 Å². The highest BCUT2D eigenvalue weighted by atomic mass is 35.5. The average molecular weight is 362 g/mol. The maximum absolute atomic E-state index is 12.4. The van der Waals surface area contributed by atoms with Gasteiger partial charge in [-0.25, -0.2) is 4.98 Å². The van der Waals surface area contributed by atoms with Gasteiger partial charge in [0.25, 0.3) is 5.91 Å². The monoisotopic (exact) mass is 361 g/mol. The summed E-state index contributed by atoms with van der Waals surface area (Å²) >= 11 is 5.96. The summed E-state index contributed by atoms with van der Waals surface area (Å²) in [6.45, 7) is 3.18. The number of carbonyl (C=O) groups is 2. The lowest BCUT2D eigenvalue weighted by molar-refractivity contribution is -0.134. The topological polar surface area (TPSA) is 82.5 Å². The van der Waals surface area contributed by atoms with Crippen LogP contribution in [0.2, 0.25) is 5.02 Å². The molecule has 2 N–H and O–H groups in total. The summed E-state index contributed by atoms with van der Waals surface area (Å²) in [6, 6.07) is 8.51. The van der Waals surface area contributed by atoms with Gasteiger partial charge in [-0.2, -0.15) is 0 Å². The lowest BCUT2D eigenvalue weighted by atomic mass is 10.0. The number of aromatic hydroxyl groups is 1. The highest BCUT2D eigenvalue weighted by molar-refractivity contribution is 6.30. The Balaban J connectivity index is 2.26. The summed E-state index contributed by atoms with van der Waals surface area (Å²) in [5.74, 6) is -1.17. The molecule has 0 fully saturated rings. The Hall–Kier alpha value is -2.60. The number of amides is 2. The minimum Gasteiger partial charge on any atom is -0.505 e. The fourth-order valence-corrected chi connectivity index (χ4v) is 2.60. The van der Waals surface area contributed by atoms with Gasteiger partial charge in [0.05, 0.1) is 0 Å². The van der Waals surface area contributed by atoms with Crippen LogP contribution < -0.4 is 5.32 Å². The Morgan fingerprint density at radius 1 is 1.20 bits per heavy atom. The summed E-state index contributed by atoms with van der Waals surface area (Å²) in [6.07, 6.45) is 1.47. The second-order valence-electron chi connectivity index (χ2n) is 6.38. The van der Waals surface area contributed by atoms with Crippen LogP contribution in [0.5, 0.6) is 5.75 Å². The number of likely N-dealkylation sites (N-methyl/N-ethyl adjacent to an activating group) is 1. The zero-order chi connectivity index (χ0) is 18.8. The first-order chi connectivity index (χ1) is 11.6. The molecule has 2 aromatic rings. The normalized spacial score (nSPS) is 11.1. The number of nitrogens with one attached hydrogen (secondary N) is 1. The average Bonchev–Trinajstić information content (AvgIpc) is 2.53. The van der Waals surface area contributed by atoms with E-state index < -0.39 is 11.4 Å². The van der Waals surface area contributed by atoms with Gasteiger partial charge < -0.3 is 15.3 Å². The van der Waals surface area contributed by atoms with Gasteiger partial charge in [-0.3, -0.25) is 9.59 Å². The highest BCUT2D eigenvalue weighted by Crippen LogP contribution is 2.26. The maximum Gasteiger partial charge on any atom is 0.274 e. The molecule has 0 atom stereocenters. The number of hydrogen-bond donors (Lipinski definition) is 2. The van der Waals surface area contributed by atoms with Gasteiger partial charge in [0.15, 0.2) is 5.69 Å². The van der Waals surface area contributed by atoms with Gasteiger partial charge >= 0.3 is 0 Å². The maximum atomic E-state index is 12.4. The van der Waals surface area contributed by atoms with Crippen LogP contribution in [0.25, 0.3) is 11.1 Å². The van der Waals surface area contributed by atoms with E-state index in [9.17, 15) is 14.7 Å². The molecule has 0 bridgehead atoms. The summed E-state index contributed by atoms with van der Waals surface area (Å²) in [4.78, 5) is 29.9. The predicted octanol–water partition coefficient (Wildman–Crippen LogP) is 2.70. The van der Waals surface area contributed by atoms with Crippen LogP contribution >= 0.6 is 11.6 Å². The molecule has 0 aliphatic rings. The quantitative estimate of drug-likeness (QED) is 0.877. The first-order valence-electron chi connectivity index (χ1n) is 7.61. The minimum atomic E-state index is -1.12. The molecule has 1 aromatic carbocycles. The van der Waals surface area contributed by atoms with Crippen LogP contribution in [0.3, 0.4) is 0 Å². The van der Waals surface area contributed by atoms with E-state index in [1.807, 2.05) is 6.07 Å². The molecule has 0 aliphatic carbocycles. The van der Waals surface area contributed by atoms with Crippen molar-refractivity contribution >= 4 is 23.4 Å². The molecule has 1 heterocycles. The minimum absolute atomic E-state index is 0.148. The van der Waals surface area contributed by atoms with Crippen LogP contribution in [-0.4, -0.2) is 46.4 Å². The largest absolute Gasteiger partial charge is 0.505 e. The number of rotatable bonds is 4. The van der Waals surface area contributed by atoms with Crippen molar-refractivity contribution in [1.29, 1.82) is 0 Å². The van der Waals surface area contributed by atoms with Crippen molar-refractivity contribution in [1.82, 2.24) is 15.2 Å². The molecule has 0 radical (unpaired) electrons. The molecule has 25 heavy (non-hydrogen) atoms. The molecule has 1 aromatic heterocycles. The van der Waals surface area contributed by atoms with E-state index in [-0.39, 0.29) is 17.4 Å². The standard InChI is InChI=1S/C18H20ClN3O3/c1-18(2,17(25)22(3)4)21-16(24)15-14(23)9-12(10-20-15)11-6-5-7-13(19)8-11/h5-10,23H,1-4H3,(H,21,24). The molecule has 0 saturated heterocycles. The smallest absolute Gasteiger partial charge is 0.274 e. The fourth-order valence-electron chi connectivity index (χ4n) is 2.41. The van der Waals surface area contributed by atoms with Gasteiger partial charge in [0, 0.05) is 30.9 Å². The second kappa shape index (κ2) is 7.11. The van der Waals surface area contributed by atoms with Crippen molar-refractivity contribution in [2.24, 2.45) is 0 Å². The molecule has 6 nitrogen and oxygen atoms in total. The van der Waals surface area contributed by atoms with E-state index in [1.54, 1.807) is 46.1 Å². The Morgan fingerprint density at radius 3 is 2.44 bits per heavy atom. The second-order valence-corrected chi connectivity index (χ2v) is 6.82. The zero-order valence-electron chi connectivity index (χ0n) is 14.5. The molecule has 0 spiro atoms. The summed E-state index contributed by atoms with van der Waals surface area (Å²) in [5.41, 5.74) is 0.122. The molecule has 132 valence electrons. The number of carbonyl (C=O) groups excluding carboxylic acids is 2. The van der Waals surface area contributed by atoms with E-state index in [0.717, 1.165) is 5.56 Å². The third-order valence-corrected chi connectivity index (χ3v) is 3.84. The first kappa shape index (κ1) is 18.7. The first-order valence-corrected chi connectivity index (χ1v) is 7.99. The fraction of sp³-hybridized carbons (Fsp3) is 0.278. The van der Waals surface area contributed by atoms with Crippen molar-refractivity contribution in [2.75, 3.05) is 14.1 Å². The van der Waals surface area contributed by atoms with Crippen LogP contribution in [0.4, 0.5) is 0 Å². The molecular weight excluding hydrogens is 342 g/mol. The van der Waals surface area contributed by atoms with Gasteiger partial charge in [-0.15, -0.1) is 0 Å². The zero-order valence-corrected chi connectivity index (χ0v) is 15.3. The summed E-state index contributed by atoms with van der Waals surface area (Å²) in [7, 11) is 3.21. The van der Waals surface area contributed by atoms with Crippen molar-refractivity contribution in [3.8, 4) is 16.9 Å². The molecule has 0 unspecified atom stereocenters. The van der Waals surface area contributed by atoms with Crippen LogP contribution in [-0.2, 0) is 4.79 Å². The molecular formula is C18H20ClN3O3. The Kier molecular flexibility index (Phi) is 5.33. The Bertz CT molecular complexity index is 819. The number of nitrogens with zero attached hydrogens (tertiary/aromatic N) is 2. The van der Waals surface area contributed by atoms with E-state index in [0.29, 0.717) is 10.6 Å². The summed E-state index contributed by atoms with van der Waals surface area (Å²) < 4.78 is 0. The molecule has 2 rings (SSSR count). The lowest BCUT2D eigenvalue weighted by Gasteiger charge is -2.28. The third kappa shape index (κ3) is 4.28. The van der Waals surface area contributed by atoms with Gasteiger partial charge in [0.1, 0.15) is 11.3 Å². The van der Waals surface area contributed by atoms with E-state index in [4.69, 9.17) is 11.6 Å².